The van der Waals surface area contributed by atoms with Gasteiger partial charge in [0.1, 0.15) is 0 Å². The first-order chi connectivity index (χ1) is 14.0. The number of ether oxygens (including phenoxy) is 1. The summed E-state index contributed by atoms with van der Waals surface area (Å²) < 4.78 is 24.2. The Labute approximate surface area is 168 Å². The molecule has 7 heteroatoms. The molecule has 4 rings (SSSR count). The van der Waals surface area contributed by atoms with Crippen molar-refractivity contribution in [2.45, 2.75) is 25.7 Å². The van der Waals surface area contributed by atoms with Crippen LogP contribution in [-0.2, 0) is 11.2 Å². The van der Waals surface area contributed by atoms with Gasteiger partial charge in [0.05, 0.1) is 13.0 Å². The summed E-state index contributed by atoms with van der Waals surface area (Å²) in [6, 6.07) is 12.8. The van der Waals surface area contributed by atoms with Crippen molar-refractivity contribution in [2.75, 3.05) is 20.2 Å². The highest BCUT2D eigenvalue weighted by Crippen LogP contribution is 2.30. The molecule has 0 bridgehead atoms. The number of likely N-dealkylation sites (tertiary alicyclic amines) is 1. The molecule has 0 N–H and O–H groups in total. The van der Waals surface area contributed by atoms with E-state index in [-0.39, 0.29) is 17.6 Å². The lowest BCUT2D eigenvalue weighted by Gasteiger charge is -2.16. The Morgan fingerprint density at radius 1 is 1.28 bits per heavy atom. The Morgan fingerprint density at radius 2 is 2.14 bits per heavy atom. The van der Waals surface area contributed by atoms with Gasteiger partial charge in [-0.3, -0.25) is 4.79 Å². The van der Waals surface area contributed by atoms with Crippen LogP contribution in [0.4, 0.5) is 4.39 Å². The van der Waals surface area contributed by atoms with E-state index in [9.17, 15) is 9.18 Å². The molecular formula is C22H22FN3O3. The predicted molar refractivity (Wildman–Crippen MR) is 105 cm³/mol. The lowest BCUT2D eigenvalue weighted by atomic mass is 10.1. The van der Waals surface area contributed by atoms with Crippen molar-refractivity contribution in [3.05, 3.63) is 65.3 Å². The van der Waals surface area contributed by atoms with E-state index >= 15 is 0 Å². The van der Waals surface area contributed by atoms with Crippen LogP contribution in [0.3, 0.4) is 0 Å². The van der Waals surface area contributed by atoms with Gasteiger partial charge in [-0.2, -0.15) is 4.98 Å². The number of hydrogen-bond acceptors (Lipinski definition) is 5. The van der Waals surface area contributed by atoms with Gasteiger partial charge in [0, 0.05) is 25.1 Å². The van der Waals surface area contributed by atoms with E-state index in [1.54, 1.807) is 6.07 Å². The highest BCUT2D eigenvalue weighted by atomic mass is 19.1. The first-order valence-electron chi connectivity index (χ1n) is 9.54. The Kier molecular flexibility index (Phi) is 5.29. The molecule has 1 amide bonds. The van der Waals surface area contributed by atoms with Crippen molar-refractivity contribution in [1.29, 1.82) is 0 Å². The molecule has 3 aromatic rings. The number of benzene rings is 2. The van der Waals surface area contributed by atoms with Crippen LogP contribution in [0.25, 0.3) is 11.4 Å². The van der Waals surface area contributed by atoms with Crippen molar-refractivity contribution < 1.29 is 18.4 Å². The Bertz CT molecular complexity index is 1030. The third kappa shape index (κ3) is 4.13. The Balaban J connectivity index is 1.42. The Hall–Kier alpha value is -3.22. The van der Waals surface area contributed by atoms with Crippen LogP contribution in [0.1, 0.15) is 29.4 Å². The number of aryl methyl sites for hydroxylation is 1. The molecule has 1 atom stereocenters. The third-order valence-corrected chi connectivity index (χ3v) is 5.17. The van der Waals surface area contributed by atoms with E-state index in [0.29, 0.717) is 36.8 Å². The number of carbonyl (C=O) groups is 1. The van der Waals surface area contributed by atoms with Gasteiger partial charge in [0.25, 0.3) is 0 Å². The second-order valence-electron chi connectivity index (χ2n) is 7.29. The number of nitrogens with zero attached hydrogens (tertiary/aromatic N) is 3. The smallest absolute Gasteiger partial charge is 0.232 e. The zero-order valence-corrected chi connectivity index (χ0v) is 16.4. The lowest BCUT2D eigenvalue weighted by molar-refractivity contribution is -0.127. The van der Waals surface area contributed by atoms with Crippen LogP contribution in [0.15, 0.2) is 47.0 Å². The molecular weight excluding hydrogens is 373 g/mol. The number of carbonyl (C=O) groups excluding carboxylic acids is 1. The quantitative estimate of drug-likeness (QED) is 0.636. The van der Waals surface area contributed by atoms with Crippen LogP contribution in [0, 0.1) is 12.7 Å². The number of methoxy groups -OCH3 is 1. The summed E-state index contributed by atoms with van der Waals surface area (Å²) >= 11 is 0. The molecule has 1 unspecified atom stereocenters. The molecule has 1 fully saturated rings. The van der Waals surface area contributed by atoms with E-state index in [4.69, 9.17) is 9.26 Å². The van der Waals surface area contributed by atoms with E-state index < -0.39 is 5.82 Å². The molecule has 0 aliphatic carbocycles. The second-order valence-corrected chi connectivity index (χ2v) is 7.29. The highest BCUT2D eigenvalue weighted by molar-refractivity contribution is 5.79. The van der Waals surface area contributed by atoms with Crippen LogP contribution in [-0.4, -0.2) is 41.1 Å². The number of halogens is 1. The third-order valence-electron chi connectivity index (χ3n) is 5.17. The fourth-order valence-electron chi connectivity index (χ4n) is 3.61. The largest absolute Gasteiger partial charge is 0.494 e. The molecule has 1 aliphatic heterocycles. The summed E-state index contributed by atoms with van der Waals surface area (Å²) in [6.07, 6.45) is 1.15. The van der Waals surface area contributed by atoms with Crippen molar-refractivity contribution in [1.82, 2.24) is 15.0 Å². The summed E-state index contributed by atoms with van der Waals surface area (Å²) in [5.41, 5.74) is 2.92. The van der Waals surface area contributed by atoms with Gasteiger partial charge in [0.2, 0.25) is 17.6 Å². The number of rotatable bonds is 6. The van der Waals surface area contributed by atoms with E-state index in [1.165, 1.54) is 30.4 Å². The van der Waals surface area contributed by atoms with Crippen molar-refractivity contribution >= 4 is 5.91 Å². The normalized spacial score (nSPS) is 16.4. The summed E-state index contributed by atoms with van der Waals surface area (Å²) in [7, 11) is 1.41. The minimum absolute atomic E-state index is 0.0814. The number of hydrogen-bond donors (Lipinski definition) is 0. The summed E-state index contributed by atoms with van der Waals surface area (Å²) in [5, 5.41) is 3.96. The molecule has 1 saturated heterocycles. The van der Waals surface area contributed by atoms with Gasteiger partial charge >= 0.3 is 0 Å². The fourth-order valence-corrected chi connectivity index (χ4v) is 3.61. The molecule has 29 heavy (non-hydrogen) atoms. The molecule has 1 aliphatic rings. The molecule has 1 aromatic heterocycles. The topological polar surface area (TPSA) is 68.5 Å². The van der Waals surface area contributed by atoms with Gasteiger partial charge < -0.3 is 14.2 Å². The Morgan fingerprint density at radius 3 is 2.90 bits per heavy atom. The fraction of sp³-hybridized carbons (Fsp3) is 0.318. The van der Waals surface area contributed by atoms with Gasteiger partial charge in [-0.05, 0) is 37.1 Å². The first-order valence-corrected chi connectivity index (χ1v) is 9.54. The molecule has 2 heterocycles. The standard InChI is InChI=1S/C22H22FN3O3/c1-14-4-3-5-15(10-14)8-9-26-13-17(12-20(26)27)22-24-21(25-29-22)16-6-7-19(28-2)18(23)11-16/h3-7,10-11,17H,8-9,12-13H2,1-2H3. The second kappa shape index (κ2) is 8.03. The van der Waals surface area contributed by atoms with Gasteiger partial charge in [-0.25, -0.2) is 4.39 Å². The number of aromatic nitrogens is 2. The van der Waals surface area contributed by atoms with Crippen LogP contribution >= 0.6 is 0 Å². The maximum absolute atomic E-state index is 13.9. The monoisotopic (exact) mass is 395 g/mol. The maximum Gasteiger partial charge on any atom is 0.232 e. The van der Waals surface area contributed by atoms with Crippen LogP contribution in [0.5, 0.6) is 5.75 Å². The van der Waals surface area contributed by atoms with Crippen molar-refractivity contribution in [2.24, 2.45) is 0 Å². The lowest BCUT2D eigenvalue weighted by Crippen LogP contribution is -2.27. The van der Waals surface area contributed by atoms with Crippen LogP contribution in [0.2, 0.25) is 0 Å². The first kappa shape index (κ1) is 19.1. The van der Waals surface area contributed by atoms with Crippen molar-refractivity contribution in [3.8, 4) is 17.1 Å². The summed E-state index contributed by atoms with van der Waals surface area (Å²) in [5.74, 6) is 0.301. The predicted octanol–water partition coefficient (Wildman–Crippen LogP) is 3.75. The molecule has 0 spiro atoms. The molecule has 0 radical (unpaired) electrons. The molecule has 6 nitrogen and oxygen atoms in total. The SMILES string of the molecule is COc1ccc(-c2noc(C3CC(=O)N(CCc4cccc(C)c4)C3)n2)cc1F. The van der Waals surface area contributed by atoms with Gasteiger partial charge in [-0.1, -0.05) is 35.0 Å². The number of amides is 1. The van der Waals surface area contributed by atoms with Crippen molar-refractivity contribution in [3.63, 3.8) is 0 Å². The van der Waals surface area contributed by atoms with E-state index in [1.807, 2.05) is 11.0 Å². The summed E-state index contributed by atoms with van der Waals surface area (Å²) in [6.45, 7) is 3.26. The highest BCUT2D eigenvalue weighted by Gasteiger charge is 2.34. The molecule has 2 aromatic carbocycles. The summed E-state index contributed by atoms with van der Waals surface area (Å²) in [4.78, 5) is 18.6. The minimum Gasteiger partial charge on any atom is -0.494 e. The molecule has 0 saturated carbocycles. The van der Waals surface area contributed by atoms with Gasteiger partial charge in [0.15, 0.2) is 11.6 Å². The van der Waals surface area contributed by atoms with Gasteiger partial charge in [-0.15, -0.1) is 0 Å². The minimum atomic E-state index is -0.491. The van der Waals surface area contributed by atoms with E-state index in [2.05, 4.69) is 35.3 Å². The van der Waals surface area contributed by atoms with E-state index in [0.717, 1.165) is 6.42 Å². The maximum atomic E-state index is 13.9. The molecule has 150 valence electrons. The average molecular weight is 395 g/mol. The zero-order valence-electron chi connectivity index (χ0n) is 16.4. The zero-order chi connectivity index (χ0) is 20.4. The van der Waals surface area contributed by atoms with Crippen LogP contribution < -0.4 is 4.74 Å². The average Bonchev–Trinajstić information content (AvgIpc) is 3.33.